The third kappa shape index (κ3) is 2.65. The minimum atomic E-state index is -0.704. The molecule has 2 rings (SSSR count). The van der Waals surface area contributed by atoms with Gasteiger partial charge in [0.25, 0.3) is 0 Å². The van der Waals surface area contributed by atoms with Crippen molar-refractivity contribution in [3.8, 4) is 6.07 Å². The summed E-state index contributed by atoms with van der Waals surface area (Å²) in [5, 5.41) is 14.1. The zero-order valence-electron chi connectivity index (χ0n) is 11.3. The molecule has 2 aromatic rings. The molecule has 0 saturated carbocycles. The summed E-state index contributed by atoms with van der Waals surface area (Å²) >= 11 is 1.34. The topological polar surface area (TPSA) is 78.9 Å². The number of nitrogen functional groups attached to an aromatic ring is 1. The Morgan fingerprint density at radius 2 is 1.95 bits per heavy atom. The van der Waals surface area contributed by atoms with Gasteiger partial charge in [-0.25, -0.2) is 0 Å². The lowest BCUT2D eigenvalue weighted by molar-refractivity contribution is -0.120. The van der Waals surface area contributed by atoms with Crippen molar-refractivity contribution in [2.75, 3.05) is 11.1 Å². The smallest absolute Gasteiger partial charge is 0.235 e. The van der Waals surface area contributed by atoms with E-state index in [1.54, 1.807) is 23.6 Å². The van der Waals surface area contributed by atoms with Crippen molar-refractivity contribution in [2.24, 2.45) is 0 Å². The van der Waals surface area contributed by atoms with Crippen LogP contribution >= 0.6 is 11.3 Å². The molecule has 20 heavy (non-hydrogen) atoms. The van der Waals surface area contributed by atoms with Crippen LogP contribution in [-0.4, -0.2) is 5.91 Å². The van der Waals surface area contributed by atoms with Gasteiger partial charge < -0.3 is 11.1 Å². The minimum Gasteiger partial charge on any atom is -0.399 e. The predicted molar refractivity (Wildman–Crippen MR) is 81.5 cm³/mol. The van der Waals surface area contributed by atoms with Crippen molar-refractivity contribution < 1.29 is 4.79 Å². The van der Waals surface area contributed by atoms with Gasteiger partial charge in [-0.15, -0.1) is 11.3 Å². The van der Waals surface area contributed by atoms with E-state index in [0.717, 1.165) is 5.56 Å². The molecule has 0 bridgehead atoms. The molecule has 1 aromatic heterocycles. The van der Waals surface area contributed by atoms with Crippen LogP contribution in [-0.2, 0) is 10.2 Å². The van der Waals surface area contributed by atoms with Gasteiger partial charge in [-0.05, 0) is 43.0 Å². The van der Waals surface area contributed by atoms with E-state index in [1.165, 1.54) is 11.3 Å². The Balaban J connectivity index is 2.23. The molecule has 0 aliphatic rings. The summed E-state index contributed by atoms with van der Waals surface area (Å²) in [6.45, 7) is 3.68. The zero-order valence-corrected chi connectivity index (χ0v) is 12.1. The monoisotopic (exact) mass is 285 g/mol. The van der Waals surface area contributed by atoms with Crippen molar-refractivity contribution in [3.63, 3.8) is 0 Å². The van der Waals surface area contributed by atoms with E-state index in [0.29, 0.717) is 16.3 Å². The number of nitrogens with two attached hydrogens (primary N) is 1. The summed E-state index contributed by atoms with van der Waals surface area (Å²) in [6, 6.07) is 11.0. The molecule has 0 aliphatic carbocycles. The first-order valence-corrected chi connectivity index (χ1v) is 6.98. The van der Waals surface area contributed by atoms with Crippen LogP contribution < -0.4 is 11.1 Å². The molecular weight excluding hydrogens is 270 g/mol. The molecular formula is C15H15N3OS. The SMILES string of the molecule is CC(C)(C(=O)Nc1sccc1C#N)c1ccc(N)cc1. The number of anilines is 2. The first-order valence-electron chi connectivity index (χ1n) is 6.10. The fraction of sp³-hybridized carbons (Fsp3) is 0.200. The third-order valence-corrected chi connectivity index (χ3v) is 4.04. The number of thiophene rings is 1. The zero-order chi connectivity index (χ0) is 14.8. The minimum absolute atomic E-state index is 0.152. The van der Waals surface area contributed by atoms with Crippen molar-refractivity contribution in [1.82, 2.24) is 0 Å². The summed E-state index contributed by atoms with van der Waals surface area (Å²) < 4.78 is 0. The van der Waals surface area contributed by atoms with Crippen LogP contribution in [0.1, 0.15) is 25.0 Å². The molecule has 0 radical (unpaired) electrons. The fourth-order valence-corrected chi connectivity index (χ4v) is 2.52. The van der Waals surface area contributed by atoms with Gasteiger partial charge in [0.15, 0.2) is 0 Å². The highest BCUT2D eigenvalue weighted by atomic mass is 32.1. The van der Waals surface area contributed by atoms with Gasteiger partial charge in [0.05, 0.1) is 11.0 Å². The number of nitriles is 1. The van der Waals surface area contributed by atoms with E-state index < -0.39 is 5.41 Å². The van der Waals surface area contributed by atoms with Crippen molar-refractivity contribution in [3.05, 3.63) is 46.8 Å². The maximum Gasteiger partial charge on any atom is 0.235 e. The maximum absolute atomic E-state index is 12.4. The Bertz CT molecular complexity index is 665. The standard InChI is InChI=1S/C15H15N3OS/c1-15(2,11-3-5-12(17)6-4-11)14(19)18-13-10(9-16)7-8-20-13/h3-8H,17H2,1-2H3,(H,18,19). The average Bonchev–Trinajstić information content (AvgIpc) is 2.86. The van der Waals surface area contributed by atoms with Gasteiger partial charge in [0, 0.05) is 5.69 Å². The molecule has 5 heteroatoms. The molecule has 0 atom stereocenters. The van der Waals surface area contributed by atoms with Gasteiger partial charge in [-0.2, -0.15) is 5.26 Å². The lowest BCUT2D eigenvalue weighted by atomic mass is 9.83. The second-order valence-electron chi connectivity index (χ2n) is 4.98. The second kappa shape index (κ2) is 5.35. The van der Waals surface area contributed by atoms with E-state index >= 15 is 0 Å². The van der Waals surface area contributed by atoms with Crippen molar-refractivity contribution in [2.45, 2.75) is 19.3 Å². The van der Waals surface area contributed by atoms with E-state index in [2.05, 4.69) is 11.4 Å². The van der Waals surface area contributed by atoms with E-state index in [4.69, 9.17) is 11.0 Å². The Morgan fingerprint density at radius 1 is 1.30 bits per heavy atom. The lowest BCUT2D eigenvalue weighted by Crippen LogP contribution is -2.34. The molecule has 3 N–H and O–H groups in total. The highest BCUT2D eigenvalue weighted by Gasteiger charge is 2.30. The van der Waals surface area contributed by atoms with Crippen LogP contribution in [0.3, 0.4) is 0 Å². The Hall–Kier alpha value is -2.32. The van der Waals surface area contributed by atoms with Crippen molar-refractivity contribution >= 4 is 27.9 Å². The van der Waals surface area contributed by atoms with Crippen LogP contribution in [0.15, 0.2) is 35.7 Å². The first-order chi connectivity index (χ1) is 9.45. The van der Waals surface area contributed by atoms with Gasteiger partial charge in [0.1, 0.15) is 11.1 Å². The molecule has 1 amide bonds. The summed E-state index contributed by atoms with van der Waals surface area (Å²) in [5.41, 5.74) is 6.97. The van der Waals surface area contributed by atoms with Crippen LogP contribution in [0.4, 0.5) is 10.7 Å². The normalized spacial score (nSPS) is 10.8. The molecule has 0 spiro atoms. The number of benzene rings is 1. The number of hydrogen-bond donors (Lipinski definition) is 2. The first kappa shape index (κ1) is 14.1. The summed E-state index contributed by atoms with van der Waals surface area (Å²) in [6.07, 6.45) is 0. The molecule has 0 unspecified atom stereocenters. The van der Waals surface area contributed by atoms with Gasteiger partial charge in [-0.3, -0.25) is 4.79 Å². The number of nitrogens with zero attached hydrogens (tertiary/aromatic N) is 1. The number of carbonyl (C=O) groups is 1. The largest absolute Gasteiger partial charge is 0.399 e. The molecule has 0 fully saturated rings. The van der Waals surface area contributed by atoms with E-state index in [1.807, 2.05) is 26.0 Å². The highest BCUT2D eigenvalue weighted by molar-refractivity contribution is 7.14. The molecule has 102 valence electrons. The van der Waals surface area contributed by atoms with Gasteiger partial charge in [-0.1, -0.05) is 12.1 Å². The Kier molecular flexibility index (Phi) is 3.77. The van der Waals surface area contributed by atoms with Crippen LogP contribution in [0.2, 0.25) is 0 Å². The van der Waals surface area contributed by atoms with E-state index in [-0.39, 0.29) is 5.91 Å². The lowest BCUT2D eigenvalue weighted by Gasteiger charge is -2.24. The maximum atomic E-state index is 12.4. The van der Waals surface area contributed by atoms with E-state index in [9.17, 15) is 4.79 Å². The fourth-order valence-electron chi connectivity index (χ4n) is 1.78. The van der Waals surface area contributed by atoms with Gasteiger partial charge in [0.2, 0.25) is 5.91 Å². The summed E-state index contributed by atoms with van der Waals surface area (Å²) in [4.78, 5) is 12.4. The Labute approximate surface area is 121 Å². The highest BCUT2D eigenvalue weighted by Crippen LogP contribution is 2.28. The predicted octanol–water partition coefficient (Wildman–Crippen LogP) is 3.12. The van der Waals surface area contributed by atoms with Crippen molar-refractivity contribution in [1.29, 1.82) is 5.26 Å². The Morgan fingerprint density at radius 3 is 2.55 bits per heavy atom. The summed E-state index contributed by atoms with van der Waals surface area (Å²) in [7, 11) is 0. The van der Waals surface area contributed by atoms with Crippen LogP contribution in [0.25, 0.3) is 0 Å². The average molecular weight is 285 g/mol. The van der Waals surface area contributed by atoms with Crippen LogP contribution in [0.5, 0.6) is 0 Å². The summed E-state index contributed by atoms with van der Waals surface area (Å²) in [5.74, 6) is -0.152. The number of carbonyl (C=O) groups excluding carboxylic acids is 1. The number of nitrogens with one attached hydrogen (secondary N) is 1. The quantitative estimate of drug-likeness (QED) is 0.850. The molecule has 1 heterocycles. The molecule has 0 aliphatic heterocycles. The van der Waals surface area contributed by atoms with Gasteiger partial charge >= 0.3 is 0 Å². The number of rotatable bonds is 3. The third-order valence-electron chi connectivity index (χ3n) is 3.21. The molecule has 1 aromatic carbocycles. The molecule has 0 saturated heterocycles. The number of amides is 1. The second-order valence-corrected chi connectivity index (χ2v) is 5.89. The molecule has 4 nitrogen and oxygen atoms in total. The number of hydrogen-bond acceptors (Lipinski definition) is 4. The van der Waals surface area contributed by atoms with Crippen LogP contribution in [0, 0.1) is 11.3 Å².